The van der Waals surface area contributed by atoms with Crippen LogP contribution in [-0.2, 0) is 6.54 Å². The number of nitrogen functional groups attached to an aromatic ring is 1. The number of piperidine rings is 1. The fourth-order valence-electron chi connectivity index (χ4n) is 5.27. The second-order valence-electron chi connectivity index (χ2n) is 9.50. The van der Waals surface area contributed by atoms with Crippen molar-refractivity contribution in [3.05, 3.63) is 70.5 Å². The molecule has 1 aliphatic heterocycles. The van der Waals surface area contributed by atoms with Gasteiger partial charge in [-0.1, -0.05) is 49.2 Å². The largest absolute Gasteiger partial charge is 0.384 e. The SMILES string of the molecule is CC1CCC[C@H](C)N1CCCCCn1c(=O)c(-c2cccc(C(=N)N)c2)cc2ccccc21. The Morgan fingerprint density at radius 2 is 1.70 bits per heavy atom. The van der Waals surface area contributed by atoms with E-state index >= 15 is 0 Å². The van der Waals surface area contributed by atoms with E-state index in [9.17, 15) is 4.79 Å². The second kappa shape index (κ2) is 10.3. The van der Waals surface area contributed by atoms with Gasteiger partial charge in [-0.25, -0.2) is 0 Å². The highest BCUT2D eigenvalue weighted by atomic mass is 16.1. The smallest absolute Gasteiger partial charge is 0.258 e. The van der Waals surface area contributed by atoms with Gasteiger partial charge in [0.05, 0.1) is 5.52 Å². The molecule has 0 bridgehead atoms. The van der Waals surface area contributed by atoms with Crippen molar-refractivity contribution in [3.63, 3.8) is 0 Å². The highest BCUT2D eigenvalue weighted by Crippen LogP contribution is 2.24. The number of hydrogen-bond acceptors (Lipinski definition) is 3. The summed E-state index contributed by atoms with van der Waals surface area (Å²) in [6.45, 7) is 6.57. The number of likely N-dealkylation sites (tertiary alicyclic amines) is 1. The highest BCUT2D eigenvalue weighted by molar-refractivity contribution is 5.96. The second-order valence-corrected chi connectivity index (χ2v) is 9.50. The van der Waals surface area contributed by atoms with Crippen molar-refractivity contribution in [2.24, 2.45) is 5.73 Å². The fraction of sp³-hybridized carbons (Fsp3) is 0.429. The van der Waals surface area contributed by atoms with E-state index in [0.717, 1.165) is 35.9 Å². The molecule has 2 atom stereocenters. The van der Waals surface area contributed by atoms with Crippen molar-refractivity contribution in [3.8, 4) is 11.1 Å². The number of nitrogens with two attached hydrogens (primary N) is 1. The van der Waals surface area contributed by atoms with E-state index in [2.05, 4.69) is 24.8 Å². The number of hydrogen-bond donors (Lipinski definition) is 2. The Kier molecular flexibility index (Phi) is 7.29. The highest BCUT2D eigenvalue weighted by Gasteiger charge is 2.23. The number of fused-ring (bicyclic) bond motifs is 1. The molecule has 1 unspecified atom stereocenters. The number of unbranched alkanes of at least 4 members (excludes halogenated alkanes) is 2. The molecule has 1 saturated heterocycles. The standard InChI is InChI=1S/C28H36N4O/c1-20-10-8-11-21(2)31(20)16-6-3-7-17-32-26-15-5-4-12-23(26)19-25(28(32)33)22-13-9-14-24(18-22)27(29)30/h4-5,9,12-15,18-21H,3,6-8,10-11,16-17H2,1-2H3,(H3,29,30)/t20-,21?/m0/s1. The molecule has 0 spiro atoms. The van der Waals surface area contributed by atoms with E-state index in [1.807, 2.05) is 47.0 Å². The molecule has 0 amide bonds. The van der Waals surface area contributed by atoms with Gasteiger partial charge in [-0.05, 0) is 75.2 Å². The molecule has 0 aliphatic carbocycles. The lowest BCUT2D eigenvalue weighted by atomic mass is 9.97. The van der Waals surface area contributed by atoms with Crippen molar-refractivity contribution in [2.75, 3.05) is 6.54 Å². The zero-order valence-corrected chi connectivity index (χ0v) is 19.9. The zero-order valence-electron chi connectivity index (χ0n) is 19.9. The van der Waals surface area contributed by atoms with E-state index in [4.69, 9.17) is 11.1 Å². The third-order valence-corrected chi connectivity index (χ3v) is 7.16. The molecular formula is C28H36N4O. The van der Waals surface area contributed by atoms with Crippen molar-refractivity contribution in [1.29, 1.82) is 5.41 Å². The number of benzene rings is 2. The van der Waals surface area contributed by atoms with Crippen LogP contribution in [0.2, 0.25) is 0 Å². The summed E-state index contributed by atoms with van der Waals surface area (Å²) in [4.78, 5) is 16.2. The Morgan fingerprint density at radius 3 is 2.45 bits per heavy atom. The van der Waals surface area contributed by atoms with Gasteiger partial charge in [-0.2, -0.15) is 0 Å². The van der Waals surface area contributed by atoms with Crippen molar-refractivity contribution in [2.45, 2.75) is 71.0 Å². The van der Waals surface area contributed by atoms with Crippen molar-refractivity contribution in [1.82, 2.24) is 9.47 Å². The number of pyridine rings is 1. The quantitative estimate of drug-likeness (QED) is 0.278. The third kappa shape index (κ3) is 5.19. The summed E-state index contributed by atoms with van der Waals surface area (Å²) < 4.78 is 1.93. The first-order chi connectivity index (χ1) is 16.0. The lowest BCUT2D eigenvalue weighted by Gasteiger charge is -2.39. The summed E-state index contributed by atoms with van der Waals surface area (Å²) in [5.74, 6) is 0.00954. The first kappa shape index (κ1) is 23.2. The maximum absolute atomic E-state index is 13.5. The molecule has 5 nitrogen and oxygen atoms in total. The number of nitrogens with one attached hydrogen (secondary N) is 1. The molecular weight excluding hydrogens is 408 g/mol. The van der Waals surface area contributed by atoms with E-state index in [1.165, 1.54) is 25.7 Å². The first-order valence-corrected chi connectivity index (χ1v) is 12.3. The number of nitrogens with zero attached hydrogens (tertiary/aromatic N) is 2. The predicted octanol–water partition coefficient (Wildman–Crippen LogP) is 5.39. The van der Waals surface area contributed by atoms with Gasteiger partial charge < -0.3 is 10.3 Å². The molecule has 3 aromatic rings. The van der Waals surface area contributed by atoms with Crippen molar-refractivity contribution < 1.29 is 0 Å². The first-order valence-electron chi connectivity index (χ1n) is 12.3. The molecule has 5 heteroatoms. The average Bonchev–Trinajstić information content (AvgIpc) is 2.81. The van der Waals surface area contributed by atoms with Crippen LogP contribution in [0.5, 0.6) is 0 Å². The fourth-order valence-corrected chi connectivity index (χ4v) is 5.27. The Bertz CT molecular complexity index is 1170. The van der Waals surface area contributed by atoms with Crippen LogP contribution in [0.25, 0.3) is 22.0 Å². The Balaban J connectivity index is 1.52. The Hall–Kier alpha value is -2.92. The van der Waals surface area contributed by atoms with Crippen LogP contribution in [0, 0.1) is 5.41 Å². The number of aromatic nitrogens is 1. The van der Waals surface area contributed by atoms with Crippen LogP contribution >= 0.6 is 0 Å². The minimum Gasteiger partial charge on any atom is -0.384 e. The lowest BCUT2D eigenvalue weighted by Crippen LogP contribution is -2.44. The number of para-hydroxylation sites is 1. The zero-order chi connectivity index (χ0) is 23.4. The summed E-state index contributed by atoms with van der Waals surface area (Å²) in [5.41, 5.74) is 8.78. The van der Waals surface area contributed by atoms with Crippen LogP contribution in [0.15, 0.2) is 59.4 Å². The van der Waals surface area contributed by atoms with Gasteiger partial charge in [0.25, 0.3) is 5.56 Å². The molecule has 0 saturated carbocycles. The van der Waals surface area contributed by atoms with Crippen LogP contribution < -0.4 is 11.3 Å². The molecule has 174 valence electrons. The molecule has 0 radical (unpaired) electrons. The summed E-state index contributed by atoms with van der Waals surface area (Å²) in [6.07, 6.45) is 7.23. The summed E-state index contributed by atoms with van der Waals surface area (Å²) in [6, 6.07) is 18.8. The summed E-state index contributed by atoms with van der Waals surface area (Å²) in [7, 11) is 0. The maximum Gasteiger partial charge on any atom is 0.258 e. The van der Waals surface area contributed by atoms with Gasteiger partial charge in [0.1, 0.15) is 5.84 Å². The number of rotatable bonds is 8. The molecule has 1 aliphatic rings. The van der Waals surface area contributed by atoms with Gasteiger partial charge >= 0.3 is 0 Å². The topological polar surface area (TPSA) is 75.1 Å². The van der Waals surface area contributed by atoms with Crippen LogP contribution in [0.3, 0.4) is 0 Å². The maximum atomic E-state index is 13.5. The van der Waals surface area contributed by atoms with E-state index in [1.54, 1.807) is 6.07 Å². The minimum absolute atomic E-state index is 0.00954. The normalized spacial score (nSPS) is 19.1. The molecule has 4 rings (SSSR count). The third-order valence-electron chi connectivity index (χ3n) is 7.16. The van der Waals surface area contributed by atoms with E-state index in [0.29, 0.717) is 29.8 Å². The van der Waals surface area contributed by atoms with Gasteiger partial charge in [-0.3, -0.25) is 15.1 Å². The molecule has 33 heavy (non-hydrogen) atoms. The molecule has 2 heterocycles. The van der Waals surface area contributed by atoms with Gasteiger partial charge in [-0.15, -0.1) is 0 Å². The summed E-state index contributed by atoms with van der Waals surface area (Å²) in [5, 5.41) is 8.79. The van der Waals surface area contributed by atoms with Crippen LogP contribution in [-0.4, -0.2) is 33.9 Å². The van der Waals surface area contributed by atoms with Gasteiger partial charge in [0.2, 0.25) is 0 Å². The lowest BCUT2D eigenvalue weighted by molar-refractivity contribution is 0.101. The van der Waals surface area contributed by atoms with E-state index in [-0.39, 0.29) is 11.4 Å². The van der Waals surface area contributed by atoms with Crippen LogP contribution in [0.4, 0.5) is 0 Å². The van der Waals surface area contributed by atoms with Crippen molar-refractivity contribution >= 4 is 16.7 Å². The van der Waals surface area contributed by atoms with E-state index < -0.39 is 0 Å². The van der Waals surface area contributed by atoms with Crippen LogP contribution in [0.1, 0.15) is 57.9 Å². The predicted molar refractivity (Wildman–Crippen MR) is 138 cm³/mol. The summed E-state index contributed by atoms with van der Waals surface area (Å²) >= 11 is 0. The van der Waals surface area contributed by atoms with Gasteiger partial charge in [0, 0.05) is 29.8 Å². The monoisotopic (exact) mass is 444 g/mol. The van der Waals surface area contributed by atoms with Gasteiger partial charge in [0.15, 0.2) is 0 Å². The Labute approximate surface area is 196 Å². The number of amidine groups is 1. The molecule has 1 aromatic heterocycles. The minimum atomic E-state index is 0.00954. The number of aryl methyl sites for hydroxylation is 1. The molecule has 1 fully saturated rings. The average molecular weight is 445 g/mol. The molecule has 2 aromatic carbocycles. The molecule has 3 N–H and O–H groups in total. The Morgan fingerprint density at radius 1 is 0.970 bits per heavy atom.